The fourth-order valence-corrected chi connectivity index (χ4v) is 2.78. The van der Waals surface area contributed by atoms with Crippen LogP contribution in [0.2, 0.25) is 0 Å². The molecule has 1 N–H and O–H groups in total. The third kappa shape index (κ3) is 4.09. The Hall–Kier alpha value is -2.00. The Kier molecular flexibility index (Phi) is 4.55. The molecule has 0 bridgehead atoms. The van der Waals surface area contributed by atoms with Crippen molar-refractivity contribution in [3.05, 3.63) is 24.3 Å². The average Bonchev–Trinajstić information content (AvgIpc) is 2.97. The Bertz CT molecular complexity index is 575. The molecule has 0 unspecified atom stereocenters. The van der Waals surface area contributed by atoms with E-state index in [-0.39, 0.29) is 11.8 Å². The minimum atomic E-state index is -4.74. The third-order valence-electron chi connectivity index (χ3n) is 3.97. The fourth-order valence-electron chi connectivity index (χ4n) is 2.78. The highest BCUT2D eigenvalue weighted by Crippen LogP contribution is 2.31. The Balaban J connectivity index is 1.52. The number of carbonyl (C=O) groups is 1. The molecule has 1 spiro atoms. The van der Waals surface area contributed by atoms with Crippen molar-refractivity contribution < 1.29 is 32.2 Å². The topological polar surface area (TPSA) is 60.0 Å². The maximum absolute atomic E-state index is 12.2. The van der Waals surface area contributed by atoms with Crippen molar-refractivity contribution in [1.29, 1.82) is 0 Å². The lowest BCUT2D eigenvalue weighted by molar-refractivity contribution is -0.274. The lowest BCUT2D eigenvalue weighted by Gasteiger charge is -2.37. The van der Waals surface area contributed by atoms with Gasteiger partial charge in [-0.15, -0.1) is 13.2 Å². The van der Waals surface area contributed by atoms with Crippen molar-refractivity contribution in [2.24, 2.45) is 0 Å². The number of hydrogen-bond acceptors (Lipinski definition) is 4. The molecule has 132 valence electrons. The number of rotatable bonds is 2. The maximum atomic E-state index is 12.2. The van der Waals surface area contributed by atoms with E-state index in [4.69, 9.17) is 9.47 Å². The number of urea groups is 1. The second-order valence-electron chi connectivity index (χ2n) is 5.60. The lowest BCUT2D eigenvalue weighted by Crippen LogP contribution is -2.48. The first-order valence-corrected chi connectivity index (χ1v) is 7.55. The monoisotopic (exact) mass is 346 g/mol. The van der Waals surface area contributed by atoms with E-state index in [0.29, 0.717) is 44.8 Å². The van der Waals surface area contributed by atoms with Crippen LogP contribution in [0.15, 0.2) is 24.3 Å². The zero-order valence-corrected chi connectivity index (χ0v) is 12.8. The van der Waals surface area contributed by atoms with Gasteiger partial charge in [0.2, 0.25) is 0 Å². The Labute approximate surface area is 136 Å². The van der Waals surface area contributed by atoms with Gasteiger partial charge < -0.3 is 24.4 Å². The Morgan fingerprint density at radius 1 is 1.12 bits per heavy atom. The van der Waals surface area contributed by atoms with Gasteiger partial charge in [-0.3, -0.25) is 0 Å². The number of ether oxygens (including phenoxy) is 3. The van der Waals surface area contributed by atoms with Gasteiger partial charge in [0.1, 0.15) is 5.75 Å². The summed E-state index contributed by atoms with van der Waals surface area (Å²) in [6, 6.07) is 4.69. The van der Waals surface area contributed by atoms with E-state index in [1.54, 1.807) is 4.90 Å². The summed E-state index contributed by atoms with van der Waals surface area (Å²) >= 11 is 0. The number of piperidine rings is 1. The number of hydrogen-bond donors (Lipinski definition) is 1. The normalized spacial score (nSPS) is 20.2. The van der Waals surface area contributed by atoms with Crippen molar-refractivity contribution in [2.45, 2.75) is 25.0 Å². The molecule has 24 heavy (non-hydrogen) atoms. The minimum Gasteiger partial charge on any atom is -0.406 e. The predicted molar refractivity (Wildman–Crippen MR) is 77.6 cm³/mol. The number of nitrogens with zero attached hydrogens (tertiary/aromatic N) is 1. The summed E-state index contributed by atoms with van der Waals surface area (Å²) in [7, 11) is 0. The molecule has 0 saturated carbocycles. The molecule has 3 rings (SSSR count). The highest BCUT2D eigenvalue weighted by Gasteiger charge is 2.40. The average molecular weight is 346 g/mol. The van der Waals surface area contributed by atoms with Gasteiger partial charge in [0.05, 0.1) is 13.2 Å². The molecular weight excluding hydrogens is 329 g/mol. The van der Waals surface area contributed by atoms with Crippen LogP contribution in [0.25, 0.3) is 0 Å². The van der Waals surface area contributed by atoms with Crippen LogP contribution in [-0.2, 0) is 9.47 Å². The summed E-state index contributed by atoms with van der Waals surface area (Å²) in [6.45, 7) is 2.11. The largest absolute Gasteiger partial charge is 0.573 e. The maximum Gasteiger partial charge on any atom is 0.573 e. The van der Waals surface area contributed by atoms with Crippen LogP contribution in [0, 0.1) is 0 Å². The SMILES string of the molecule is O=C(Nc1ccc(OC(F)(F)F)cc1)N1CCC2(CC1)OCCO2. The van der Waals surface area contributed by atoms with Crippen molar-refractivity contribution in [3.63, 3.8) is 0 Å². The molecule has 0 aromatic heterocycles. The first-order chi connectivity index (χ1) is 11.4. The van der Waals surface area contributed by atoms with E-state index in [1.807, 2.05) is 0 Å². The molecular formula is C15H17F3N2O4. The molecule has 0 radical (unpaired) electrons. The lowest BCUT2D eigenvalue weighted by atomic mass is 10.0. The number of nitrogens with one attached hydrogen (secondary N) is 1. The van der Waals surface area contributed by atoms with Crippen LogP contribution in [-0.4, -0.2) is 49.4 Å². The van der Waals surface area contributed by atoms with Crippen LogP contribution < -0.4 is 10.1 Å². The van der Waals surface area contributed by atoms with Crippen molar-refractivity contribution in [3.8, 4) is 5.75 Å². The van der Waals surface area contributed by atoms with E-state index in [9.17, 15) is 18.0 Å². The predicted octanol–water partition coefficient (Wildman–Crippen LogP) is 2.96. The molecule has 2 fully saturated rings. The van der Waals surface area contributed by atoms with Crippen LogP contribution in [0.5, 0.6) is 5.75 Å². The van der Waals surface area contributed by atoms with E-state index in [0.717, 1.165) is 12.1 Å². The minimum absolute atomic E-state index is 0.313. The van der Waals surface area contributed by atoms with Crippen molar-refractivity contribution >= 4 is 11.7 Å². The smallest absolute Gasteiger partial charge is 0.406 e. The summed E-state index contributed by atoms with van der Waals surface area (Å²) in [5.74, 6) is -0.899. The first kappa shape index (κ1) is 16.8. The molecule has 9 heteroatoms. The first-order valence-electron chi connectivity index (χ1n) is 7.55. The molecule has 6 nitrogen and oxygen atoms in total. The standard InChI is InChI=1S/C15H17F3N2O4/c16-15(17,18)24-12-3-1-11(2-4-12)19-13(21)20-7-5-14(6-8-20)22-9-10-23-14/h1-4H,5-10H2,(H,19,21). The van der Waals surface area contributed by atoms with Crippen molar-refractivity contribution in [2.75, 3.05) is 31.6 Å². The van der Waals surface area contributed by atoms with E-state index in [2.05, 4.69) is 10.1 Å². The number of halogens is 3. The summed E-state index contributed by atoms with van der Waals surface area (Å²) in [5.41, 5.74) is 0.392. The summed E-state index contributed by atoms with van der Waals surface area (Å²) < 4.78 is 51.3. The molecule has 2 heterocycles. The summed E-state index contributed by atoms with van der Waals surface area (Å²) in [4.78, 5) is 13.8. The molecule has 2 amide bonds. The van der Waals surface area contributed by atoms with Gasteiger partial charge in [0.15, 0.2) is 5.79 Å². The van der Waals surface area contributed by atoms with Gasteiger partial charge >= 0.3 is 12.4 Å². The Morgan fingerprint density at radius 2 is 1.71 bits per heavy atom. The molecule has 2 saturated heterocycles. The third-order valence-corrected chi connectivity index (χ3v) is 3.97. The van der Waals surface area contributed by atoms with Gasteiger partial charge in [-0.25, -0.2) is 4.79 Å². The highest BCUT2D eigenvalue weighted by atomic mass is 19.4. The number of alkyl halides is 3. The van der Waals surface area contributed by atoms with Crippen LogP contribution >= 0.6 is 0 Å². The Morgan fingerprint density at radius 3 is 2.25 bits per heavy atom. The number of benzene rings is 1. The van der Waals surface area contributed by atoms with E-state index in [1.165, 1.54) is 12.1 Å². The number of amides is 2. The molecule has 1 aromatic carbocycles. The van der Waals surface area contributed by atoms with Crippen LogP contribution in [0.1, 0.15) is 12.8 Å². The second kappa shape index (κ2) is 6.48. The molecule has 0 atom stereocenters. The van der Waals surface area contributed by atoms with Gasteiger partial charge in [0, 0.05) is 31.6 Å². The summed E-state index contributed by atoms with van der Waals surface area (Å²) in [6.07, 6.45) is -3.55. The number of anilines is 1. The van der Waals surface area contributed by atoms with E-state index >= 15 is 0 Å². The van der Waals surface area contributed by atoms with Crippen LogP contribution in [0.4, 0.5) is 23.7 Å². The van der Waals surface area contributed by atoms with Gasteiger partial charge in [0.25, 0.3) is 0 Å². The quantitative estimate of drug-likeness (QED) is 0.894. The van der Waals surface area contributed by atoms with Crippen molar-refractivity contribution in [1.82, 2.24) is 4.90 Å². The van der Waals surface area contributed by atoms with Gasteiger partial charge in [-0.05, 0) is 24.3 Å². The zero-order chi connectivity index (χ0) is 17.2. The second-order valence-corrected chi connectivity index (χ2v) is 5.60. The molecule has 0 aliphatic carbocycles. The summed E-state index contributed by atoms with van der Waals surface area (Å²) in [5, 5.41) is 2.65. The fraction of sp³-hybridized carbons (Fsp3) is 0.533. The highest BCUT2D eigenvalue weighted by molar-refractivity contribution is 5.89. The zero-order valence-electron chi connectivity index (χ0n) is 12.8. The molecule has 2 aliphatic rings. The molecule has 2 aliphatic heterocycles. The van der Waals surface area contributed by atoms with Crippen LogP contribution in [0.3, 0.4) is 0 Å². The number of carbonyl (C=O) groups excluding carboxylic acids is 1. The van der Waals surface area contributed by atoms with E-state index < -0.39 is 12.1 Å². The number of likely N-dealkylation sites (tertiary alicyclic amines) is 1. The van der Waals surface area contributed by atoms with Gasteiger partial charge in [-0.1, -0.05) is 0 Å². The molecule has 1 aromatic rings. The van der Waals surface area contributed by atoms with Gasteiger partial charge in [-0.2, -0.15) is 0 Å².